The smallest absolute Gasteiger partial charge is 0.190 e. The molecular weight excluding hydrogens is 553 g/mol. The molecule has 0 spiro atoms. The molecule has 42 heavy (non-hydrogen) atoms. The average molecular weight is 583 g/mol. The van der Waals surface area contributed by atoms with Crippen molar-refractivity contribution in [2.45, 2.75) is 36.5 Å². The first-order valence-electron chi connectivity index (χ1n) is 13.7. The van der Waals surface area contributed by atoms with Gasteiger partial charge in [0.15, 0.2) is 10.2 Å². The largest absolute Gasteiger partial charge is 0.287 e. The first-order valence-corrected chi connectivity index (χ1v) is 15.4. The number of hydrogen-bond donors (Lipinski definition) is 0. The topological polar surface area (TPSA) is 34.1 Å². The molecule has 5 aromatic carbocycles. The van der Waals surface area contributed by atoms with Gasteiger partial charge in [0.2, 0.25) is 0 Å². The van der Waals surface area contributed by atoms with Crippen LogP contribution in [0.5, 0.6) is 0 Å². The summed E-state index contributed by atoms with van der Waals surface area (Å²) in [5.41, 5.74) is 9.32. The van der Waals surface area contributed by atoms with Crippen LogP contribution in [0.15, 0.2) is 131 Å². The van der Waals surface area contributed by atoms with Gasteiger partial charge in [0.1, 0.15) is 0 Å². The summed E-state index contributed by atoms with van der Waals surface area (Å²) in [7, 11) is 0. The fourth-order valence-electron chi connectivity index (χ4n) is 4.57. The molecule has 5 rings (SSSR count). The van der Waals surface area contributed by atoms with Gasteiger partial charge in [0.05, 0.1) is 0 Å². The van der Waals surface area contributed by atoms with E-state index in [2.05, 4.69) is 96.8 Å². The van der Waals surface area contributed by atoms with Crippen molar-refractivity contribution in [3.05, 3.63) is 155 Å². The van der Waals surface area contributed by atoms with Crippen LogP contribution in [0.25, 0.3) is 11.1 Å². The molecule has 0 bridgehead atoms. The van der Waals surface area contributed by atoms with Crippen LogP contribution in [-0.2, 0) is 22.4 Å². The maximum absolute atomic E-state index is 11.3. The van der Waals surface area contributed by atoms with E-state index in [0.717, 1.165) is 39.3 Å². The van der Waals surface area contributed by atoms with Crippen molar-refractivity contribution in [2.75, 3.05) is 0 Å². The molecule has 0 saturated carbocycles. The molecule has 2 nitrogen and oxygen atoms in total. The molecule has 4 heteroatoms. The van der Waals surface area contributed by atoms with Gasteiger partial charge in [-0.15, -0.1) is 0 Å². The second-order valence-corrected chi connectivity index (χ2v) is 12.6. The third-order valence-electron chi connectivity index (χ3n) is 6.66. The lowest BCUT2D eigenvalue weighted by Crippen LogP contribution is -1.92. The highest BCUT2D eigenvalue weighted by atomic mass is 32.2. The van der Waals surface area contributed by atoms with Gasteiger partial charge >= 0.3 is 0 Å². The zero-order valence-corrected chi connectivity index (χ0v) is 25.2. The van der Waals surface area contributed by atoms with Gasteiger partial charge in [-0.1, -0.05) is 108 Å². The van der Waals surface area contributed by atoms with E-state index in [0.29, 0.717) is 0 Å². The van der Waals surface area contributed by atoms with Crippen molar-refractivity contribution in [2.24, 2.45) is 0 Å². The van der Waals surface area contributed by atoms with E-state index < -0.39 is 0 Å². The summed E-state index contributed by atoms with van der Waals surface area (Å²) in [6.07, 6.45) is 1.77. The van der Waals surface area contributed by atoms with E-state index in [1.807, 2.05) is 36.4 Å². The molecule has 0 fully saturated rings. The van der Waals surface area contributed by atoms with Crippen molar-refractivity contribution in [1.29, 1.82) is 0 Å². The molecule has 0 radical (unpaired) electrons. The lowest BCUT2D eigenvalue weighted by molar-refractivity contribution is -0.109. The summed E-state index contributed by atoms with van der Waals surface area (Å²) >= 11 is 2.49. The predicted molar refractivity (Wildman–Crippen MR) is 176 cm³/mol. The van der Waals surface area contributed by atoms with Crippen LogP contribution in [0.2, 0.25) is 0 Å². The van der Waals surface area contributed by atoms with Crippen LogP contribution in [0.4, 0.5) is 0 Å². The summed E-state index contributed by atoms with van der Waals surface area (Å²) in [6.45, 7) is 3.16. The fraction of sp³-hybridized carbons (Fsp3) is 0.105. The second-order valence-electron chi connectivity index (χ2n) is 10.0. The molecular formula is C38H30O2S2. The van der Waals surface area contributed by atoms with Crippen LogP contribution in [-0.4, -0.2) is 10.2 Å². The van der Waals surface area contributed by atoms with Crippen LogP contribution < -0.4 is 0 Å². The molecule has 0 aliphatic rings. The van der Waals surface area contributed by atoms with Gasteiger partial charge in [0, 0.05) is 34.8 Å². The monoisotopic (exact) mass is 582 g/mol. The molecule has 0 saturated heterocycles. The van der Waals surface area contributed by atoms with E-state index in [1.54, 1.807) is 13.8 Å². The van der Waals surface area contributed by atoms with Crippen molar-refractivity contribution >= 4 is 33.8 Å². The second kappa shape index (κ2) is 14.0. The number of hydrogen-bond acceptors (Lipinski definition) is 4. The minimum Gasteiger partial charge on any atom is -0.287 e. The Hall–Kier alpha value is -4.30. The standard InChI is InChI=1S/C38H30O2S2/c1-27(39)41-37-21-15-30(16-22-37)4-3-29-5-7-31(8-6-29)25-32-9-11-33(12-10-32)26-34-13-17-35(18-14-34)36-19-23-38(24-20-36)42-28(2)40/h5-24H,25-26H2,1-2H3. The third kappa shape index (κ3) is 8.60. The Kier molecular flexibility index (Phi) is 9.77. The summed E-state index contributed by atoms with van der Waals surface area (Å²) in [6, 6.07) is 41.9. The zero-order chi connectivity index (χ0) is 29.3. The van der Waals surface area contributed by atoms with Gasteiger partial charge in [-0.05, 0) is 94.8 Å². The minimum atomic E-state index is 0.0814. The van der Waals surface area contributed by atoms with E-state index in [-0.39, 0.29) is 10.2 Å². The van der Waals surface area contributed by atoms with E-state index in [1.165, 1.54) is 51.3 Å². The molecule has 0 atom stereocenters. The van der Waals surface area contributed by atoms with Gasteiger partial charge in [-0.2, -0.15) is 0 Å². The van der Waals surface area contributed by atoms with Crippen LogP contribution in [0, 0.1) is 11.8 Å². The van der Waals surface area contributed by atoms with Crippen molar-refractivity contribution in [3.63, 3.8) is 0 Å². The number of carbonyl (C=O) groups excluding carboxylic acids is 2. The summed E-state index contributed by atoms with van der Waals surface area (Å²) < 4.78 is 0. The Morgan fingerprint density at radius 1 is 0.452 bits per heavy atom. The molecule has 206 valence electrons. The summed E-state index contributed by atoms with van der Waals surface area (Å²) in [5, 5.41) is 0.181. The molecule has 0 aliphatic carbocycles. The number of thioether (sulfide) groups is 2. The zero-order valence-electron chi connectivity index (χ0n) is 23.6. The molecule has 0 heterocycles. The van der Waals surface area contributed by atoms with Crippen molar-refractivity contribution < 1.29 is 9.59 Å². The molecule has 5 aromatic rings. The van der Waals surface area contributed by atoms with E-state index in [4.69, 9.17) is 0 Å². The molecule has 0 N–H and O–H groups in total. The van der Waals surface area contributed by atoms with Crippen LogP contribution in [0.3, 0.4) is 0 Å². The first kappa shape index (κ1) is 29.2. The Morgan fingerprint density at radius 3 is 1.12 bits per heavy atom. The molecule has 0 amide bonds. The van der Waals surface area contributed by atoms with Gasteiger partial charge in [0.25, 0.3) is 0 Å². The summed E-state index contributed by atoms with van der Waals surface area (Å²) in [4.78, 5) is 24.4. The molecule has 0 aliphatic heterocycles. The van der Waals surface area contributed by atoms with Crippen molar-refractivity contribution in [3.8, 4) is 23.0 Å². The van der Waals surface area contributed by atoms with Crippen LogP contribution in [0.1, 0.15) is 47.2 Å². The van der Waals surface area contributed by atoms with Gasteiger partial charge in [-0.25, -0.2) is 0 Å². The number of rotatable bonds is 7. The minimum absolute atomic E-state index is 0.0814. The normalized spacial score (nSPS) is 10.5. The highest BCUT2D eigenvalue weighted by Crippen LogP contribution is 2.25. The van der Waals surface area contributed by atoms with Gasteiger partial charge < -0.3 is 0 Å². The lowest BCUT2D eigenvalue weighted by atomic mass is 9.98. The third-order valence-corrected chi connectivity index (χ3v) is 8.25. The van der Waals surface area contributed by atoms with Gasteiger partial charge in [-0.3, -0.25) is 9.59 Å². The number of benzene rings is 5. The quantitative estimate of drug-likeness (QED) is 0.142. The Labute approximate surface area is 256 Å². The maximum Gasteiger partial charge on any atom is 0.190 e. The first-order chi connectivity index (χ1) is 20.4. The van der Waals surface area contributed by atoms with E-state index in [9.17, 15) is 9.59 Å². The highest BCUT2D eigenvalue weighted by molar-refractivity contribution is 8.13. The fourth-order valence-corrected chi connectivity index (χ4v) is 5.77. The molecule has 0 unspecified atom stereocenters. The molecule has 0 aromatic heterocycles. The van der Waals surface area contributed by atoms with E-state index >= 15 is 0 Å². The van der Waals surface area contributed by atoms with Crippen molar-refractivity contribution in [1.82, 2.24) is 0 Å². The SMILES string of the molecule is CC(=O)Sc1ccc(C#Cc2ccc(Cc3ccc(Cc4ccc(-c5ccc(SC(C)=O)cc5)cc4)cc3)cc2)cc1. The average Bonchev–Trinajstić information content (AvgIpc) is 2.99. The Morgan fingerprint density at radius 2 is 0.738 bits per heavy atom. The predicted octanol–water partition coefficient (Wildman–Crippen LogP) is 9.21. The Balaban J connectivity index is 1.14. The Bertz CT molecular complexity index is 1720. The lowest BCUT2D eigenvalue weighted by Gasteiger charge is -2.07. The van der Waals surface area contributed by atoms with Crippen LogP contribution >= 0.6 is 23.5 Å². The maximum atomic E-state index is 11.3. The number of carbonyl (C=O) groups is 2. The summed E-state index contributed by atoms with van der Waals surface area (Å²) in [5.74, 6) is 6.43. The highest BCUT2D eigenvalue weighted by Gasteiger charge is 2.04.